The fourth-order valence-electron chi connectivity index (χ4n) is 2.14. The van der Waals surface area contributed by atoms with E-state index in [0.717, 1.165) is 25.0 Å². The molecule has 22 heavy (non-hydrogen) atoms. The Balaban J connectivity index is 1.68. The number of carbonyl (C=O) groups is 1. The van der Waals surface area contributed by atoms with Crippen LogP contribution in [0.5, 0.6) is 0 Å². The Morgan fingerprint density at radius 2 is 2.14 bits per heavy atom. The zero-order valence-electron chi connectivity index (χ0n) is 11.6. The maximum Gasteiger partial charge on any atom is 0.416 e. The highest BCUT2D eigenvalue weighted by molar-refractivity contribution is 5.93. The Hall–Kier alpha value is -2.31. The van der Waals surface area contributed by atoms with Crippen LogP contribution in [-0.2, 0) is 17.5 Å². The van der Waals surface area contributed by atoms with Crippen LogP contribution in [0.2, 0.25) is 0 Å². The summed E-state index contributed by atoms with van der Waals surface area (Å²) >= 11 is 0. The molecule has 0 bridgehead atoms. The van der Waals surface area contributed by atoms with Crippen LogP contribution in [0.4, 0.5) is 18.9 Å². The van der Waals surface area contributed by atoms with Gasteiger partial charge in [0.1, 0.15) is 0 Å². The van der Waals surface area contributed by atoms with Crippen LogP contribution in [0.15, 0.2) is 36.7 Å². The van der Waals surface area contributed by atoms with E-state index >= 15 is 0 Å². The summed E-state index contributed by atoms with van der Waals surface area (Å²) in [7, 11) is 0. The summed E-state index contributed by atoms with van der Waals surface area (Å²) in [5.74, 6) is 0.0606. The first-order valence-corrected chi connectivity index (χ1v) is 6.91. The van der Waals surface area contributed by atoms with E-state index in [0.29, 0.717) is 11.3 Å². The summed E-state index contributed by atoms with van der Waals surface area (Å²) in [6, 6.07) is 5.12. The van der Waals surface area contributed by atoms with Crippen molar-refractivity contribution in [2.45, 2.75) is 25.6 Å². The Morgan fingerprint density at radius 1 is 1.36 bits per heavy atom. The summed E-state index contributed by atoms with van der Waals surface area (Å²) in [5, 5.41) is 6.80. The summed E-state index contributed by atoms with van der Waals surface area (Å²) in [5.41, 5.74) is 0.376. The minimum Gasteiger partial charge on any atom is -0.323 e. The fraction of sp³-hybridized carbons (Fsp3) is 0.333. The first-order valence-electron chi connectivity index (χ1n) is 6.91. The third kappa shape index (κ3) is 3.47. The van der Waals surface area contributed by atoms with Crippen LogP contribution in [0, 0.1) is 5.92 Å². The summed E-state index contributed by atoms with van der Waals surface area (Å²) < 4.78 is 39.5. The standard InChI is InChI=1S/C15H14F3N3O/c16-15(17,18)12-3-1-2-10(6-12)8-21-9-13(7-19-21)20-14(22)11-4-5-11/h1-3,6-7,9,11H,4-5,8H2,(H,20,22). The second-order valence-corrected chi connectivity index (χ2v) is 5.39. The molecule has 0 aliphatic heterocycles. The van der Waals surface area contributed by atoms with Crippen LogP contribution in [0.1, 0.15) is 24.0 Å². The van der Waals surface area contributed by atoms with E-state index < -0.39 is 11.7 Å². The van der Waals surface area contributed by atoms with Crippen molar-refractivity contribution in [3.8, 4) is 0 Å². The smallest absolute Gasteiger partial charge is 0.323 e. The van der Waals surface area contributed by atoms with Gasteiger partial charge in [-0.25, -0.2) is 0 Å². The largest absolute Gasteiger partial charge is 0.416 e. The zero-order valence-corrected chi connectivity index (χ0v) is 11.6. The number of hydrogen-bond acceptors (Lipinski definition) is 2. The molecule has 1 heterocycles. The van der Waals surface area contributed by atoms with Gasteiger partial charge in [0.05, 0.1) is 24.0 Å². The average molecular weight is 309 g/mol. The lowest BCUT2D eigenvalue weighted by Gasteiger charge is -2.08. The van der Waals surface area contributed by atoms with Gasteiger partial charge in [0, 0.05) is 12.1 Å². The van der Waals surface area contributed by atoms with Crippen molar-refractivity contribution in [3.05, 3.63) is 47.8 Å². The van der Waals surface area contributed by atoms with Crippen LogP contribution in [0.3, 0.4) is 0 Å². The molecule has 1 saturated carbocycles. The Kier molecular flexibility index (Phi) is 3.64. The summed E-state index contributed by atoms with van der Waals surface area (Å²) in [6.07, 6.45) is 0.562. The van der Waals surface area contributed by atoms with E-state index in [9.17, 15) is 18.0 Å². The third-order valence-electron chi connectivity index (χ3n) is 3.45. The quantitative estimate of drug-likeness (QED) is 0.942. The number of rotatable bonds is 4. The Morgan fingerprint density at radius 3 is 2.82 bits per heavy atom. The molecule has 7 heteroatoms. The van der Waals surface area contributed by atoms with Crippen molar-refractivity contribution in [2.24, 2.45) is 5.92 Å². The van der Waals surface area contributed by atoms with Gasteiger partial charge in [-0.05, 0) is 30.5 Å². The predicted molar refractivity (Wildman–Crippen MR) is 74.1 cm³/mol. The van der Waals surface area contributed by atoms with Crippen LogP contribution in [-0.4, -0.2) is 15.7 Å². The maximum atomic E-state index is 12.7. The van der Waals surface area contributed by atoms with Crippen molar-refractivity contribution in [1.82, 2.24) is 9.78 Å². The van der Waals surface area contributed by atoms with E-state index in [1.807, 2.05) is 0 Å². The number of anilines is 1. The number of amides is 1. The molecule has 1 aromatic carbocycles. The van der Waals surface area contributed by atoms with Gasteiger partial charge in [0.15, 0.2) is 0 Å². The molecule has 0 atom stereocenters. The van der Waals surface area contributed by atoms with Crippen molar-refractivity contribution in [2.75, 3.05) is 5.32 Å². The SMILES string of the molecule is O=C(Nc1cnn(Cc2cccc(C(F)(F)F)c2)c1)C1CC1. The van der Waals surface area contributed by atoms with Gasteiger partial charge in [-0.3, -0.25) is 9.48 Å². The normalized spacial score (nSPS) is 14.9. The molecule has 0 spiro atoms. The molecule has 0 radical (unpaired) electrons. The van der Waals surface area contributed by atoms with Gasteiger partial charge in [-0.1, -0.05) is 12.1 Å². The number of aromatic nitrogens is 2. The lowest BCUT2D eigenvalue weighted by molar-refractivity contribution is -0.137. The molecule has 4 nitrogen and oxygen atoms in total. The van der Waals surface area contributed by atoms with E-state index in [2.05, 4.69) is 10.4 Å². The minimum atomic E-state index is -4.36. The molecule has 3 rings (SSSR count). The van der Waals surface area contributed by atoms with Gasteiger partial charge >= 0.3 is 6.18 Å². The number of carbonyl (C=O) groups excluding carboxylic acids is 1. The van der Waals surface area contributed by atoms with E-state index in [-0.39, 0.29) is 18.4 Å². The van der Waals surface area contributed by atoms with E-state index in [1.165, 1.54) is 16.9 Å². The maximum absolute atomic E-state index is 12.7. The number of hydrogen-bond donors (Lipinski definition) is 1. The van der Waals surface area contributed by atoms with E-state index in [1.54, 1.807) is 12.3 Å². The Bertz CT molecular complexity index is 689. The number of nitrogens with one attached hydrogen (secondary N) is 1. The number of alkyl halides is 3. The molecule has 1 aliphatic carbocycles. The van der Waals surface area contributed by atoms with Gasteiger partial charge in [-0.15, -0.1) is 0 Å². The average Bonchev–Trinajstić information content (AvgIpc) is 3.22. The molecular formula is C15H14F3N3O. The second kappa shape index (κ2) is 5.47. The fourth-order valence-corrected chi connectivity index (χ4v) is 2.14. The third-order valence-corrected chi connectivity index (χ3v) is 3.45. The summed E-state index contributed by atoms with van der Waals surface area (Å²) in [6.45, 7) is 0.212. The van der Waals surface area contributed by atoms with E-state index in [4.69, 9.17) is 0 Å². The highest BCUT2D eigenvalue weighted by Crippen LogP contribution is 2.30. The van der Waals surface area contributed by atoms with Crippen molar-refractivity contribution in [3.63, 3.8) is 0 Å². The van der Waals surface area contributed by atoms with Gasteiger partial charge in [-0.2, -0.15) is 18.3 Å². The van der Waals surface area contributed by atoms with Gasteiger partial charge in [0.25, 0.3) is 0 Å². The lowest BCUT2D eigenvalue weighted by Crippen LogP contribution is -2.12. The molecule has 1 fully saturated rings. The molecule has 1 aromatic heterocycles. The molecule has 1 N–H and O–H groups in total. The van der Waals surface area contributed by atoms with Crippen molar-refractivity contribution >= 4 is 11.6 Å². The second-order valence-electron chi connectivity index (χ2n) is 5.39. The molecule has 116 valence electrons. The first-order chi connectivity index (χ1) is 10.4. The lowest BCUT2D eigenvalue weighted by atomic mass is 10.1. The topological polar surface area (TPSA) is 46.9 Å². The molecule has 1 aliphatic rings. The van der Waals surface area contributed by atoms with Crippen LogP contribution >= 0.6 is 0 Å². The van der Waals surface area contributed by atoms with Crippen molar-refractivity contribution in [1.29, 1.82) is 0 Å². The molecular weight excluding hydrogens is 295 g/mol. The van der Waals surface area contributed by atoms with Gasteiger partial charge < -0.3 is 5.32 Å². The number of halogens is 3. The molecule has 0 saturated heterocycles. The zero-order chi connectivity index (χ0) is 15.7. The van der Waals surface area contributed by atoms with Gasteiger partial charge in [0.2, 0.25) is 5.91 Å². The Labute approximate surface area is 124 Å². The molecule has 2 aromatic rings. The first kappa shape index (κ1) is 14.6. The summed E-state index contributed by atoms with van der Waals surface area (Å²) in [4.78, 5) is 11.6. The van der Waals surface area contributed by atoms with Crippen LogP contribution < -0.4 is 5.32 Å². The highest BCUT2D eigenvalue weighted by atomic mass is 19.4. The van der Waals surface area contributed by atoms with Crippen LogP contribution in [0.25, 0.3) is 0 Å². The number of benzene rings is 1. The van der Waals surface area contributed by atoms with Crippen molar-refractivity contribution < 1.29 is 18.0 Å². The number of nitrogens with zero attached hydrogens (tertiary/aromatic N) is 2. The predicted octanol–water partition coefficient (Wildman–Crippen LogP) is 3.30. The highest BCUT2D eigenvalue weighted by Gasteiger charge is 2.30. The molecule has 1 amide bonds. The monoisotopic (exact) mass is 309 g/mol. The minimum absolute atomic E-state index is 0.0291. The molecule has 0 unspecified atom stereocenters.